The Kier molecular flexibility index (Phi) is 2.39. The summed E-state index contributed by atoms with van der Waals surface area (Å²) in [4.78, 5) is 4.41. The van der Waals surface area contributed by atoms with Crippen molar-refractivity contribution in [1.82, 2.24) is 10.3 Å². The number of morpholine rings is 1. The van der Waals surface area contributed by atoms with E-state index in [1.165, 1.54) is 0 Å². The van der Waals surface area contributed by atoms with Gasteiger partial charge in [-0.25, -0.2) is 4.98 Å². The Morgan fingerprint density at radius 3 is 3.25 bits per heavy atom. The van der Waals surface area contributed by atoms with Crippen molar-refractivity contribution in [3.8, 4) is 0 Å². The predicted molar refractivity (Wildman–Crippen MR) is 48.4 cm³/mol. The molecule has 3 nitrogen and oxygen atoms in total. The third-order valence-electron chi connectivity index (χ3n) is 1.92. The van der Waals surface area contributed by atoms with Crippen LogP contribution in [0.5, 0.6) is 0 Å². The first-order valence-corrected chi connectivity index (χ1v) is 4.97. The van der Waals surface area contributed by atoms with E-state index in [4.69, 9.17) is 4.74 Å². The van der Waals surface area contributed by atoms with E-state index < -0.39 is 0 Å². The Labute approximate surface area is 75.8 Å². The lowest BCUT2D eigenvalue weighted by Crippen LogP contribution is -2.34. The molecule has 0 spiro atoms. The van der Waals surface area contributed by atoms with Crippen LogP contribution in [0, 0.1) is 6.92 Å². The van der Waals surface area contributed by atoms with Gasteiger partial charge in [0.1, 0.15) is 0 Å². The van der Waals surface area contributed by atoms with E-state index in [1.54, 1.807) is 11.3 Å². The van der Waals surface area contributed by atoms with Crippen molar-refractivity contribution in [1.29, 1.82) is 0 Å². The maximum Gasteiger partial charge on any atom is 0.0898 e. The maximum absolute atomic E-state index is 5.35. The summed E-state index contributed by atoms with van der Waals surface area (Å²) in [6, 6.07) is 0.309. The third kappa shape index (κ3) is 1.65. The summed E-state index contributed by atoms with van der Waals surface area (Å²) in [6.07, 6.45) is 0. The SMILES string of the molecule is Cc1nc(C2COCCN2)cs1. The molecule has 0 aromatic carbocycles. The highest BCUT2D eigenvalue weighted by atomic mass is 32.1. The summed E-state index contributed by atoms with van der Waals surface area (Å²) in [6.45, 7) is 4.53. The standard InChI is InChI=1S/C8H12N2OS/c1-6-10-8(5-12-6)7-4-11-3-2-9-7/h5,7,9H,2-4H2,1H3. The highest BCUT2D eigenvalue weighted by Crippen LogP contribution is 2.17. The predicted octanol–water partition coefficient (Wildman–Crippen LogP) is 1.11. The number of nitrogens with one attached hydrogen (secondary N) is 1. The largest absolute Gasteiger partial charge is 0.378 e. The fraction of sp³-hybridized carbons (Fsp3) is 0.625. The van der Waals surface area contributed by atoms with Crippen LogP contribution in [0.15, 0.2) is 5.38 Å². The normalized spacial score (nSPS) is 24.2. The van der Waals surface area contributed by atoms with Gasteiger partial charge in [0.2, 0.25) is 0 Å². The molecule has 4 heteroatoms. The van der Waals surface area contributed by atoms with Crippen molar-refractivity contribution in [2.75, 3.05) is 19.8 Å². The topological polar surface area (TPSA) is 34.1 Å². The van der Waals surface area contributed by atoms with Crippen LogP contribution < -0.4 is 5.32 Å². The number of hydrogen-bond acceptors (Lipinski definition) is 4. The molecule has 1 aromatic rings. The highest BCUT2D eigenvalue weighted by molar-refractivity contribution is 7.09. The summed E-state index contributed by atoms with van der Waals surface area (Å²) in [7, 11) is 0. The number of aromatic nitrogens is 1. The summed E-state index contributed by atoms with van der Waals surface area (Å²) < 4.78 is 5.35. The first-order valence-electron chi connectivity index (χ1n) is 4.09. The summed E-state index contributed by atoms with van der Waals surface area (Å²) in [5, 5.41) is 6.59. The molecule has 0 aliphatic carbocycles. The number of ether oxygens (including phenoxy) is 1. The molecule has 1 saturated heterocycles. The molecular weight excluding hydrogens is 172 g/mol. The fourth-order valence-electron chi connectivity index (χ4n) is 1.30. The van der Waals surface area contributed by atoms with Gasteiger partial charge in [-0.15, -0.1) is 11.3 Å². The van der Waals surface area contributed by atoms with Crippen LogP contribution in [0.3, 0.4) is 0 Å². The smallest absolute Gasteiger partial charge is 0.0898 e. The summed E-state index contributed by atoms with van der Waals surface area (Å²) in [5.41, 5.74) is 1.12. The molecule has 66 valence electrons. The van der Waals surface area contributed by atoms with Gasteiger partial charge in [-0.2, -0.15) is 0 Å². The molecule has 12 heavy (non-hydrogen) atoms. The van der Waals surface area contributed by atoms with Gasteiger partial charge < -0.3 is 10.1 Å². The van der Waals surface area contributed by atoms with Gasteiger partial charge >= 0.3 is 0 Å². The maximum atomic E-state index is 5.35. The minimum atomic E-state index is 0.309. The third-order valence-corrected chi connectivity index (χ3v) is 2.71. The molecule has 0 saturated carbocycles. The molecule has 1 aliphatic heterocycles. The number of aryl methyl sites for hydroxylation is 1. The Morgan fingerprint density at radius 2 is 2.67 bits per heavy atom. The second-order valence-electron chi connectivity index (χ2n) is 2.87. The molecular formula is C8H12N2OS. The summed E-state index contributed by atoms with van der Waals surface area (Å²) in [5.74, 6) is 0. The number of thiazole rings is 1. The van der Waals surface area contributed by atoms with Gasteiger partial charge in [0.15, 0.2) is 0 Å². The molecule has 2 heterocycles. The second kappa shape index (κ2) is 3.51. The van der Waals surface area contributed by atoms with Gasteiger partial charge in [-0.3, -0.25) is 0 Å². The highest BCUT2D eigenvalue weighted by Gasteiger charge is 2.16. The Balaban J connectivity index is 2.08. The Morgan fingerprint density at radius 1 is 1.75 bits per heavy atom. The number of nitrogens with zero attached hydrogens (tertiary/aromatic N) is 1. The Bertz CT molecular complexity index is 255. The van der Waals surface area contributed by atoms with E-state index in [0.717, 1.165) is 30.5 Å². The van der Waals surface area contributed by atoms with Crippen LogP contribution in [-0.4, -0.2) is 24.7 Å². The van der Waals surface area contributed by atoms with Crippen molar-refractivity contribution in [3.05, 3.63) is 16.1 Å². The summed E-state index contributed by atoms with van der Waals surface area (Å²) >= 11 is 1.69. The van der Waals surface area contributed by atoms with Crippen LogP contribution in [-0.2, 0) is 4.74 Å². The molecule has 0 radical (unpaired) electrons. The van der Waals surface area contributed by atoms with Crippen molar-refractivity contribution < 1.29 is 4.74 Å². The molecule has 1 aliphatic rings. The molecule has 1 N–H and O–H groups in total. The van der Waals surface area contributed by atoms with Gasteiger partial charge in [-0.1, -0.05) is 0 Å². The zero-order chi connectivity index (χ0) is 8.39. The zero-order valence-electron chi connectivity index (χ0n) is 7.04. The lowest BCUT2D eigenvalue weighted by atomic mass is 10.2. The molecule has 2 rings (SSSR count). The first-order chi connectivity index (χ1) is 5.86. The lowest BCUT2D eigenvalue weighted by molar-refractivity contribution is 0.0758. The molecule has 1 unspecified atom stereocenters. The molecule has 1 atom stereocenters. The molecule has 0 bridgehead atoms. The van der Waals surface area contributed by atoms with E-state index in [9.17, 15) is 0 Å². The van der Waals surface area contributed by atoms with E-state index in [0.29, 0.717) is 6.04 Å². The van der Waals surface area contributed by atoms with Crippen LogP contribution in [0.4, 0.5) is 0 Å². The van der Waals surface area contributed by atoms with Gasteiger partial charge in [0.05, 0.1) is 30.0 Å². The van der Waals surface area contributed by atoms with Gasteiger partial charge in [-0.05, 0) is 6.92 Å². The minimum absolute atomic E-state index is 0.309. The average molecular weight is 184 g/mol. The average Bonchev–Trinajstić information content (AvgIpc) is 2.54. The van der Waals surface area contributed by atoms with Crippen LogP contribution in [0.2, 0.25) is 0 Å². The number of hydrogen-bond donors (Lipinski definition) is 1. The second-order valence-corrected chi connectivity index (χ2v) is 3.94. The molecule has 0 amide bonds. The van der Waals surface area contributed by atoms with Gasteiger partial charge in [0.25, 0.3) is 0 Å². The minimum Gasteiger partial charge on any atom is -0.378 e. The van der Waals surface area contributed by atoms with E-state index in [1.807, 2.05) is 6.92 Å². The zero-order valence-corrected chi connectivity index (χ0v) is 7.86. The number of rotatable bonds is 1. The van der Waals surface area contributed by atoms with Crippen molar-refractivity contribution in [2.45, 2.75) is 13.0 Å². The Hall–Kier alpha value is -0.450. The quantitative estimate of drug-likeness (QED) is 0.710. The van der Waals surface area contributed by atoms with Crippen molar-refractivity contribution in [3.63, 3.8) is 0 Å². The van der Waals surface area contributed by atoms with Crippen molar-refractivity contribution >= 4 is 11.3 Å². The van der Waals surface area contributed by atoms with Crippen LogP contribution in [0.1, 0.15) is 16.7 Å². The van der Waals surface area contributed by atoms with E-state index in [2.05, 4.69) is 15.7 Å². The fourth-order valence-corrected chi connectivity index (χ4v) is 1.96. The van der Waals surface area contributed by atoms with Crippen LogP contribution >= 0.6 is 11.3 Å². The lowest BCUT2D eigenvalue weighted by Gasteiger charge is -2.21. The first kappa shape index (κ1) is 8.16. The monoisotopic (exact) mass is 184 g/mol. The van der Waals surface area contributed by atoms with E-state index >= 15 is 0 Å². The van der Waals surface area contributed by atoms with E-state index in [-0.39, 0.29) is 0 Å². The van der Waals surface area contributed by atoms with Crippen molar-refractivity contribution in [2.24, 2.45) is 0 Å². The molecule has 1 aromatic heterocycles. The van der Waals surface area contributed by atoms with Gasteiger partial charge in [0, 0.05) is 11.9 Å². The molecule has 1 fully saturated rings. The van der Waals surface area contributed by atoms with Crippen LogP contribution in [0.25, 0.3) is 0 Å².